The van der Waals surface area contributed by atoms with Crippen LogP contribution >= 0.6 is 0 Å². The molecule has 1 aromatic rings. The fourth-order valence-corrected chi connectivity index (χ4v) is 0.858. The van der Waals surface area contributed by atoms with E-state index in [2.05, 4.69) is 9.98 Å². The predicted octanol–water partition coefficient (Wildman–Crippen LogP) is 0.338. The number of guanidine groups is 1. The SMILES string of the molecule is Cc1cnc(C(C)N=C(N)NO)o1. The van der Waals surface area contributed by atoms with E-state index in [1.807, 2.05) is 0 Å². The summed E-state index contributed by atoms with van der Waals surface area (Å²) in [5.41, 5.74) is 6.97. The van der Waals surface area contributed by atoms with Gasteiger partial charge in [0.05, 0.1) is 6.20 Å². The smallest absolute Gasteiger partial charge is 0.219 e. The number of hydrogen-bond acceptors (Lipinski definition) is 4. The van der Waals surface area contributed by atoms with Crippen molar-refractivity contribution in [1.82, 2.24) is 10.5 Å². The molecule has 0 saturated heterocycles. The van der Waals surface area contributed by atoms with E-state index in [0.29, 0.717) is 11.7 Å². The van der Waals surface area contributed by atoms with Gasteiger partial charge >= 0.3 is 0 Å². The Morgan fingerprint density at radius 2 is 2.54 bits per heavy atom. The highest BCUT2D eigenvalue weighted by molar-refractivity contribution is 5.76. The van der Waals surface area contributed by atoms with E-state index in [0.717, 1.165) is 0 Å². The topological polar surface area (TPSA) is 96.7 Å². The maximum atomic E-state index is 8.38. The Hall–Kier alpha value is -1.56. The number of nitrogens with zero attached hydrogens (tertiary/aromatic N) is 2. The van der Waals surface area contributed by atoms with Crippen molar-refractivity contribution in [2.24, 2.45) is 10.7 Å². The monoisotopic (exact) mass is 184 g/mol. The lowest BCUT2D eigenvalue weighted by atomic mass is 10.4. The van der Waals surface area contributed by atoms with Crippen LogP contribution < -0.4 is 11.2 Å². The lowest BCUT2D eigenvalue weighted by Crippen LogP contribution is -2.28. The highest BCUT2D eigenvalue weighted by Crippen LogP contribution is 2.15. The number of oxazole rings is 1. The van der Waals surface area contributed by atoms with E-state index in [-0.39, 0.29) is 12.0 Å². The summed E-state index contributed by atoms with van der Waals surface area (Å²) >= 11 is 0. The van der Waals surface area contributed by atoms with Crippen molar-refractivity contribution in [3.05, 3.63) is 17.8 Å². The average molecular weight is 184 g/mol. The van der Waals surface area contributed by atoms with Gasteiger partial charge in [0.2, 0.25) is 11.9 Å². The minimum Gasteiger partial charge on any atom is -0.444 e. The van der Waals surface area contributed by atoms with Crippen LogP contribution in [0.1, 0.15) is 24.6 Å². The molecule has 6 nitrogen and oxygen atoms in total. The number of rotatable bonds is 2. The highest BCUT2D eigenvalue weighted by Gasteiger charge is 2.09. The summed E-state index contributed by atoms with van der Waals surface area (Å²) < 4.78 is 5.21. The van der Waals surface area contributed by atoms with E-state index in [1.54, 1.807) is 25.5 Å². The van der Waals surface area contributed by atoms with E-state index < -0.39 is 0 Å². The van der Waals surface area contributed by atoms with Crippen molar-refractivity contribution in [3.8, 4) is 0 Å². The van der Waals surface area contributed by atoms with Gasteiger partial charge in [-0.1, -0.05) is 0 Å². The third-order valence-corrected chi connectivity index (χ3v) is 1.44. The first kappa shape index (κ1) is 9.53. The van der Waals surface area contributed by atoms with Crippen LogP contribution in [-0.2, 0) is 0 Å². The summed E-state index contributed by atoms with van der Waals surface area (Å²) in [6, 6.07) is -0.312. The van der Waals surface area contributed by atoms with E-state index >= 15 is 0 Å². The minimum absolute atomic E-state index is 0.0663. The number of aryl methyl sites for hydroxylation is 1. The summed E-state index contributed by atoms with van der Waals surface area (Å²) in [7, 11) is 0. The Kier molecular flexibility index (Phi) is 2.86. The van der Waals surface area contributed by atoms with Crippen LogP contribution in [0.4, 0.5) is 0 Å². The highest BCUT2D eigenvalue weighted by atomic mass is 16.5. The molecule has 0 saturated carbocycles. The van der Waals surface area contributed by atoms with Gasteiger partial charge in [0.1, 0.15) is 11.8 Å². The molecule has 1 rings (SSSR count). The van der Waals surface area contributed by atoms with Gasteiger partial charge in [-0.2, -0.15) is 0 Å². The maximum absolute atomic E-state index is 8.38. The summed E-state index contributed by atoms with van der Waals surface area (Å²) in [6.07, 6.45) is 1.60. The second kappa shape index (κ2) is 3.90. The summed E-state index contributed by atoms with van der Waals surface area (Å²) in [5.74, 6) is 1.12. The predicted molar refractivity (Wildman–Crippen MR) is 46.2 cm³/mol. The average Bonchev–Trinajstić information content (AvgIpc) is 2.51. The molecular weight excluding hydrogens is 172 g/mol. The molecule has 4 N–H and O–H groups in total. The molecule has 0 aliphatic carbocycles. The van der Waals surface area contributed by atoms with Crippen LogP contribution in [0, 0.1) is 6.92 Å². The maximum Gasteiger partial charge on any atom is 0.219 e. The minimum atomic E-state index is -0.312. The number of nitrogens with two attached hydrogens (primary N) is 1. The standard InChI is InChI=1S/C7H12N4O2/c1-4-3-9-6(13-4)5(2)10-7(8)11-12/h3,5,12H,1-2H3,(H3,8,10,11). The van der Waals surface area contributed by atoms with Gasteiger partial charge in [-0.3, -0.25) is 5.21 Å². The van der Waals surface area contributed by atoms with E-state index in [1.165, 1.54) is 0 Å². The van der Waals surface area contributed by atoms with Gasteiger partial charge in [-0.05, 0) is 13.8 Å². The third kappa shape index (κ3) is 2.45. The Bertz CT molecular complexity index is 307. The van der Waals surface area contributed by atoms with Crippen LogP contribution in [-0.4, -0.2) is 16.2 Å². The van der Waals surface area contributed by atoms with Crippen LogP contribution in [0.3, 0.4) is 0 Å². The van der Waals surface area contributed by atoms with E-state index in [4.69, 9.17) is 15.4 Å². The van der Waals surface area contributed by atoms with Crippen LogP contribution in [0.2, 0.25) is 0 Å². The lowest BCUT2D eigenvalue weighted by molar-refractivity contribution is 0.232. The molecule has 0 aliphatic rings. The Morgan fingerprint density at radius 3 is 3.00 bits per heavy atom. The Balaban J connectivity index is 2.74. The zero-order chi connectivity index (χ0) is 9.84. The molecule has 0 bridgehead atoms. The number of aromatic nitrogens is 1. The molecule has 1 unspecified atom stereocenters. The fourth-order valence-electron chi connectivity index (χ4n) is 0.858. The first-order valence-electron chi connectivity index (χ1n) is 3.79. The summed E-state index contributed by atoms with van der Waals surface area (Å²) in [6.45, 7) is 3.55. The molecule has 0 radical (unpaired) electrons. The van der Waals surface area contributed by atoms with Crippen molar-refractivity contribution in [2.75, 3.05) is 0 Å². The molecule has 1 aromatic heterocycles. The third-order valence-electron chi connectivity index (χ3n) is 1.44. The first-order valence-corrected chi connectivity index (χ1v) is 3.79. The molecule has 6 heteroatoms. The molecule has 0 amide bonds. The second-order valence-corrected chi connectivity index (χ2v) is 2.61. The van der Waals surface area contributed by atoms with Gasteiger partial charge in [-0.15, -0.1) is 0 Å². The fraction of sp³-hybridized carbons (Fsp3) is 0.429. The van der Waals surface area contributed by atoms with Crippen molar-refractivity contribution >= 4 is 5.96 Å². The molecule has 1 atom stereocenters. The normalized spacial score (nSPS) is 14.2. The Morgan fingerprint density at radius 1 is 1.85 bits per heavy atom. The first-order chi connectivity index (χ1) is 6.13. The molecule has 0 aromatic carbocycles. The van der Waals surface area contributed by atoms with Gasteiger partial charge in [0, 0.05) is 0 Å². The largest absolute Gasteiger partial charge is 0.444 e. The summed E-state index contributed by atoms with van der Waals surface area (Å²) in [5, 5.41) is 8.38. The van der Waals surface area contributed by atoms with Crippen molar-refractivity contribution in [2.45, 2.75) is 19.9 Å². The number of hydrogen-bond donors (Lipinski definition) is 3. The quantitative estimate of drug-likeness (QED) is 0.350. The Labute approximate surface area is 75.4 Å². The zero-order valence-electron chi connectivity index (χ0n) is 7.48. The second-order valence-electron chi connectivity index (χ2n) is 2.61. The van der Waals surface area contributed by atoms with Gasteiger partial charge in [-0.25, -0.2) is 15.5 Å². The van der Waals surface area contributed by atoms with Crippen molar-refractivity contribution in [3.63, 3.8) is 0 Å². The molecule has 0 aliphatic heterocycles. The van der Waals surface area contributed by atoms with Gasteiger partial charge in [0.15, 0.2) is 0 Å². The molecule has 13 heavy (non-hydrogen) atoms. The number of nitrogens with one attached hydrogen (secondary N) is 1. The van der Waals surface area contributed by atoms with Crippen LogP contribution in [0.15, 0.2) is 15.6 Å². The molecule has 0 spiro atoms. The molecule has 0 fully saturated rings. The number of aliphatic imine (C=N–C) groups is 1. The molecule has 72 valence electrons. The van der Waals surface area contributed by atoms with Gasteiger partial charge < -0.3 is 10.2 Å². The number of hydroxylamine groups is 1. The molecule has 1 heterocycles. The van der Waals surface area contributed by atoms with Crippen molar-refractivity contribution in [1.29, 1.82) is 0 Å². The van der Waals surface area contributed by atoms with Crippen molar-refractivity contribution < 1.29 is 9.62 Å². The van der Waals surface area contributed by atoms with Crippen LogP contribution in [0.5, 0.6) is 0 Å². The lowest BCUT2D eigenvalue weighted by Gasteiger charge is -2.02. The van der Waals surface area contributed by atoms with Crippen LogP contribution in [0.25, 0.3) is 0 Å². The van der Waals surface area contributed by atoms with Gasteiger partial charge in [0.25, 0.3) is 0 Å². The van der Waals surface area contributed by atoms with E-state index in [9.17, 15) is 0 Å². The summed E-state index contributed by atoms with van der Waals surface area (Å²) in [4.78, 5) is 7.82. The molecular formula is C7H12N4O2. The zero-order valence-corrected chi connectivity index (χ0v) is 7.48.